The van der Waals surface area contributed by atoms with Crippen molar-refractivity contribution in [1.29, 1.82) is 0 Å². The molecule has 3 heterocycles. The summed E-state index contributed by atoms with van der Waals surface area (Å²) in [4.78, 5) is 14.1. The molecule has 1 fully saturated rings. The van der Waals surface area contributed by atoms with E-state index in [0.717, 1.165) is 14.7 Å². The number of hydrogen-bond acceptors (Lipinski definition) is 7. The summed E-state index contributed by atoms with van der Waals surface area (Å²) in [6.45, 7) is 2.54. The van der Waals surface area contributed by atoms with E-state index in [0.29, 0.717) is 48.3 Å². The van der Waals surface area contributed by atoms with E-state index in [4.69, 9.17) is 9.15 Å². The minimum atomic E-state index is -3.47. The van der Waals surface area contributed by atoms with Gasteiger partial charge in [-0.25, -0.2) is 13.2 Å². The van der Waals surface area contributed by atoms with Gasteiger partial charge >= 0.3 is 5.63 Å². The molecule has 0 spiro atoms. The Kier molecular flexibility index (Phi) is 5.80. The SMILES string of the molecule is COc1ccc2c(CN3CCN(S(=O)(=O)c4ccc(Br)s4)CC3)cc(=O)oc2c1. The first-order valence-electron chi connectivity index (χ1n) is 8.95. The third kappa shape index (κ3) is 4.26. The lowest BCUT2D eigenvalue weighted by atomic mass is 10.1. The number of halogens is 1. The number of sulfonamides is 1. The van der Waals surface area contributed by atoms with Crippen LogP contribution in [0.2, 0.25) is 0 Å². The highest BCUT2D eigenvalue weighted by Gasteiger charge is 2.29. The Hall–Kier alpha value is -1.72. The number of benzene rings is 1. The third-order valence-corrected chi connectivity index (χ3v) is 8.89. The number of nitrogens with zero attached hydrogens (tertiary/aromatic N) is 2. The van der Waals surface area contributed by atoms with Crippen LogP contribution in [0.1, 0.15) is 5.56 Å². The van der Waals surface area contributed by atoms with E-state index in [1.807, 2.05) is 12.1 Å². The van der Waals surface area contributed by atoms with Gasteiger partial charge in [0.25, 0.3) is 10.0 Å². The minimum Gasteiger partial charge on any atom is -0.497 e. The van der Waals surface area contributed by atoms with Crippen molar-refractivity contribution in [1.82, 2.24) is 9.21 Å². The molecule has 2 aromatic heterocycles. The molecule has 4 rings (SSSR count). The summed E-state index contributed by atoms with van der Waals surface area (Å²) in [5, 5.41) is 0.851. The molecule has 1 aliphatic heterocycles. The maximum atomic E-state index is 12.8. The molecule has 0 radical (unpaired) electrons. The Morgan fingerprint density at radius 2 is 1.90 bits per heavy atom. The van der Waals surface area contributed by atoms with Gasteiger partial charge in [0.15, 0.2) is 0 Å². The van der Waals surface area contributed by atoms with E-state index in [1.54, 1.807) is 25.3 Å². The normalized spacial score (nSPS) is 16.3. The van der Waals surface area contributed by atoms with Gasteiger partial charge in [-0.1, -0.05) is 0 Å². The molecule has 1 saturated heterocycles. The zero-order chi connectivity index (χ0) is 20.6. The maximum Gasteiger partial charge on any atom is 0.336 e. The van der Waals surface area contributed by atoms with Gasteiger partial charge in [0, 0.05) is 50.2 Å². The zero-order valence-electron chi connectivity index (χ0n) is 15.6. The monoisotopic (exact) mass is 498 g/mol. The largest absolute Gasteiger partial charge is 0.497 e. The van der Waals surface area contributed by atoms with Crippen molar-refractivity contribution in [2.24, 2.45) is 0 Å². The van der Waals surface area contributed by atoms with Crippen molar-refractivity contribution in [2.45, 2.75) is 10.8 Å². The first kappa shape index (κ1) is 20.5. The van der Waals surface area contributed by atoms with Gasteiger partial charge in [0.2, 0.25) is 0 Å². The van der Waals surface area contributed by atoms with E-state index in [9.17, 15) is 13.2 Å². The summed E-state index contributed by atoms with van der Waals surface area (Å²) in [5.41, 5.74) is 0.930. The molecule has 29 heavy (non-hydrogen) atoms. The van der Waals surface area contributed by atoms with Gasteiger partial charge in [0.1, 0.15) is 15.5 Å². The topological polar surface area (TPSA) is 80.1 Å². The predicted octanol–water partition coefficient (Wildman–Crippen LogP) is 3.13. The van der Waals surface area contributed by atoms with Crippen LogP contribution in [0.3, 0.4) is 0 Å². The molecule has 154 valence electrons. The van der Waals surface area contributed by atoms with Crippen molar-refractivity contribution < 1.29 is 17.6 Å². The third-order valence-electron chi connectivity index (χ3n) is 4.91. The number of fused-ring (bicyclic) bond motifs is 1. The highest BCUT2D eigenvalue weighted by atomic mass is 79.9. The first-order valence-corrected chi connectivity index (χ1v) is 12.0. The van der Waals surface area contributed by atoms with Crippen LogP contribution in [0.5, 0.6) is 5.75 Å². The second-order valence-electron chi connectivity index (χ2n) is 6.69. The van der Waals surface area contributed by atoms with Crippen LogP contribution in [0.25, 0.3) is 11.0 Å². The lowest BCUT2D eigenvalue weighted by molar-refractivity contribution is 0.182. The second-order valence-corrected chi connectivity index (χ2v) is 11.3. The quantitative estimate of drug-likeness (QED) is 0.502. The van der Waals surface area contributed by atoms with Gasteiger partial charge in [-0.3, -0.25) is 4.90 Å². The van der Waals surface area contributed by atoms with Crippen LogP contribution < -0.4 is 10.4 Å². The van der Waals surface area contributed by atoms with E-state index < -0.39 is 15.6 Å². The maximum absolute atomic E-state index is 12.8. The lowest BCUT2D eigenvalue weighted by Crippen LogP contribution is -2.48. The lowest BCUT2D eigenvalue weighted by Gasteiger charge is -2.33. The van der Waals surface area contributed by atoms with Crippen molar-refractivity contribution in [3.63, 3.8) is 0 Å². The summed E-state index contributed by atoms with van der Waals surface area (Å²) in [6.07, 6.45) is 0. The number of methoxy groups -OCH3 is 1. The van der Waals surface area contributed by atoms with Crippen molar-refractivity contribution in [3.05, 3.63) is 56.2 Å². The summed E-state index contributed by atoms with van der Waals surface area (Å²) in [5.74, 6) is 0.622. The average molecular weight is 499 g/mol. The van der Waals surface area contributed by atoms with Crippen LogP contribution >= 0.6 is 27.3 Å². The predicted molar refractivity (Wildman–Crippen MR) is 115 cm³/mol. The van der Waals surface area contributed by atoms with E-state index >= 15 is 0 Å². The van der Waals surface area contributed by atoms with Crippen LogP contribution in [0, 0.1) is 0 Å². The molecular formula is C19H19BrN2O5S2. The number of rotatable bonds is 5. The van der Waals surface area contributed by atoms with E-state index in [1.165, 1.54) is 21.7 Å². The van der Waals surface area contributed by atoms with Crippen LogP contribution in [0.15, 0.2) is 53.6 Å². The molecule has 3 aromatic rings. The number of thiophene rings is 1. The molecule has 0 bridgehead atoms. The molecule has 1 aromatic carbocycles. The Labute approximate surface area is 180 Å². The molecule has 0 unspecified atom stereocenters. The van der Waals surface area contributed by atoms with Crippen molar-refractivity contribution in [3.8, 4) is 5.75 Å². The molecule has 10 heteroatoms. The molecular weight excluding hydrogens is 480 g/mol. The number of piperazine rings is 1. The van der Waals surface area contributed by atoms with Gasteiger partial charge < -0.3 is 9.15 Å². The number of hydrogen-bond donors (Lipinski definition) is 0. The van der Waals surface area contributed by atoms with E-state index in [-0.39, 0.29) is 0 Å². The van der Waals surface area contributed by atoms with Crippen LogP contribution in [0.4, 0.5) is 0 Å². The zero-order valence-corrected chi connectivity index (χ0v) is 18.8. The average Bonchev–Trinajstić information content (AvgIpc) is 3.15. The van der Waals surface area contributed by atoms with Crippen LogP contribution in [-0.4, -0.2) is 50.9 Å². The summed E-state index contributed by atoms with van der Waals surface area (Å²) < 4.78 is 38.7. The summed E-state index contributed by atoms with van der Waals surface area (Å²) >= 11 is 4.53. The molecule has 0 atom stereocenters. The first-order chi connectivity index (χ1) is 13.9. The van der Waals surface area contributed by atoms with Crippen molar-refractivity contribution >= 4 is 48.3 Å². The molecule has 0 N–H and O–H groups in total. The highest BCUT2D eigenvalue weighted by molar-refractivity contribution is 9.11. The standard InChI is InChI=1S/C19H19BrN2O5S2/c1-26-14-2-3-15-13(10-18(23)27-16(15)11-14)12-21-6-8-22(9-7-21)29(24,25)19-5-4-17(20)28-19/h2-5,10-11H,6-9,12H2,1H3. The fourth-order valence-corrected chi connectivity index (χ4v) is 6.99. The van der Waals surface area contributed by atoms with Gasteiger partial charge in [-0.05, 0) is 45.8 Å². The molecule has 0 amide bonds. The Morgan fingerprint density at radius 3 is 2.55 bits per heavy atom. The molecule has 0 saturated carbocycles. The molecule has 7 nitrogen and oxygen atoms in total. The Morgan fingerprint density at radius 1 is 1.14 bits per heavy atom. The molecule has 1 aliphatic rings. The summed E-state index contributed by atoms with van der Waals surface area (Å²) in [7, 11) is -1.91. The van der Waals surface area contributed by atoms with Gasteiger partial charge in [0.05, 0.1) is 10.9 Å². The molecule has 0 aliphatic carbocycles. The minimum absolute atomic E-state index is 0.346. The van der Waals surface area contributed by atoms with Crippen LogP contribution in [-0.2, 0) is 16.6 Å². The smallest absolute Gasteiger partial charge is 0.336 e. The van der Waals surface area contributed by atoms with E-state index in [2.05, 4.69) is 20.8 Å². The van der Waals surface area contributed by atoms with Gasteiger partial charge in [-0.2, -0.15) is 4.31 Å². The van der Waals surface area contributed by atoms with Gasteiger partial charge in [-0.15, -0.1) is 11.3 Å². The Balaban J connectivity index is 1.49. The fourth-order valence-electron chi connectivity index (χ4n) is 3.40. The fraction of sp³-hybridized carbons (Fsp3) is 0.316. The number of ether oxygens (including phenoxy) is 1. The summed E-state index contributed by atoms with van der Waals surface area (Å²) in [6, 6.07) is 10.3. The van der Waals surface area contributed by atoms with Crippen molar-refractivity contribution in [2.75, 3.05) is 33.3 Å². The highest BCUT2D eigenvalue weighted by Crippen LogP contribution is 2.29. The second kappa shape index (κ2) is 8.19. The Bertz CT molecular complexity index is 1200.